The van der Waals surface area contributed by atoms with Crippen LogP contribution in [0.3, 0.4) is 0 Å². The van der Waals surface area contributed by atoms with Crippen molar-refractivity contribution in [1.82, 2.24) is 9.80 Å². The molecule has 102 valence electrons. The lowest BCUT2D eigenvalue weighted by atomic mass is 10.0. The Kier molecular flexibility index (Phi) is 4.57. The molecule has 2 rings (SSSR count). The zero-order valence-electron chi connectivity index (χ0n) is 11.3. The van der Waals surface area contributed by atoms with Crippen molar-refractivity contribution in [3.05, 3.63) is 0 Å². The quantitative estimate of drug-likeness (QED) is 0.764. The molecule has 2 saturated heterocycles. The molecule has 5 heteroatoms. The van der Waals surface area contributed by atoms with Gasteiger partial charge in [-0.2, -0.15) is 5.26 Å². The van der Waals surface area contributed by atoms with E-state index in [0.29, 0.717) is 6.04 Å². The van der Waals surface area contributed by atoms with Gasteiger partial charge in [-0.3, -0.25) is 4.90 Å². The minimum atomic E-state index is -0.683. The van der Waals surface area contributed by atoms with Gasteiger partial charge in [-0.25, -0.2) is 0 Å². The summed E-state index contributed by atoms with van der Waals surface area (Å²) in [6.45, 7) is 8.84. The van der Waals surface area contributed by atoms with Gasteiger partial charge in [0.15, 0.2) is 0 Å². The van der Waals surface area contributed by atoms with E-state index in [1.807, 2.05) is 6.92 Å². The second-order valence-electron chi connectivity index (χ2n) is 5.67. The summed E-state index contributed by atoms with van der Waals surface area (Å²) in [6.07, 6.45) is 1.98. The van der Waals surface area contributed by atoms with Crippen LogP contribution in [0.1, 0.15) is 19.8 Å². The fraction of sp³-hybridized carbons (Fsp3) is 0.923. The van der Waals surface area contributed by atoms with Crippen molar-refractivity contribution >= 4 is 0 Å². The first-order chi connectivity index (χ1) is 8.61. The van der Waals surface area contributed by atoms with E-state index in [1.165, 1.54) is 6.42 Å². The first-order valence-electron chi connectivity index (χ1n) is 6.85. The maximum atomic E-state index is 8.91. The summed E-state index contributed by atoms with van der Waals surface area (Å²) in [7, 11) is 0. The van der Waals surface area contributed by atoms with Crippen LogP contribution in [0.25, 0.3) is 0 Å². The van der Waals surface area contributed by atoms with Crippen LogP contribution in [0.5, 0.6) is 0 Å². The third-order valence-electron chi connectivity index (χ3n) is 4.01. The Balaban J connectivity index is 1.73. The molecule has 2 N–H and O–H groups in total. The Labute approximate surface area is 109 Å². The van der Waals surface area contributed by atoms with E-state index in [1.54, 1.807) is 0 Å². The number of nitrogens with zero attached hydrogens (tertiary/aromatic N) is 3. The third-order valence-corrected chi connectivity index (χ3v) is 4.01. The summed E-state index contributed by atoms with van der Waals surface area (Å²) in [5.74, 6) is 0. The van der Waals surface area contributed by atoms with Crippen molar-refractivity contribution in [2.45, 2.75) is 31.3 Å². The number of nitrogens with two attached hydrogens (primary N) is 1. The molecule has 2 heterocycles. The molecule has 0 aromatic carbocycles. The van der Waals surface area contributed by atoms with Crippen LogP contribution in [-0.2, 0) is 4.74 Å². The Hall–Kier alpha value is -0.670. The molecule has 18 heavy (non-hydrogen) atoms. The second kappa shape index (κ2) is 5.98. The van der Waals surface area contributed by atoms with E-state index in [-0.39, 0.29) is 0 Å². The average molecular weight is 252 g/mol. The largest absolute Gasteiger partial charge is 0.379 e. The predicted molar refractivity (Wildman–Crippen MR) is 70.1 cm³/mol. The number of morpholine rings is 1. The number of nitriles is 1. The third kappa shape index (κ3) is 3.66. The molecule has 0 aliphatic carbocycles. The SMILES string of the molecule is CC(N)(C#N)CCN1CCC(N2CCOCC2)C1. The zero-order valence-corrected chi connectivity index (χ0v) is 11.3. The molecule has 0 aromatic heterocycles. The van der Waals surface area contributed by atoms with Crippen LogP contribution in [0.15, 0.2) is 0 Å². The van der Waals surface area contributed by atoms with Gasteiger partial charge in [0.05, 0.1) is 19.3 Å². The highest BCUT2D eigenvalue weighted by Crippen LogP contribution is 2.18. The lowest BCUT2D eigenvalue weighted by Gasteiger charge is -2.32. The number of hydrogen-bond acceptors (Lipinski definition) is 5. The molecule has 2 aliphatic rings. The van der Waals surface area contributed by atoms with Gasteiger partial charge in [0.2, 0.25) is 0 Å². The summed E-state index contributed by atoms with van der Waals surface area (Å²) >= 11 is 0. The lowest BCUT2D eigenvalue weighted by molar-refractivity contribution is 0.0184. The van der Waals surface area contributed by atoms with Gasteiger partial charge < -0.3 is 15.4 Å². The van der Waals surface area contributed by atoms with Gasteiger partial charge in [0.1, 0.15) is 5.54 Å². The maximum Gasteiger partial charge on any atom is 0.102 e. The van der Waals surface area contributed by atoms with Gasteiger partial charge in [0, 0.05) is 32.2 Å². The van der Waals surface area contributed by atoms with Crippen LogP contribution in [0.2, 0.25) is 0 Å². The summed E-state index contributed by atoms with van der Waals surface area (Å²) in [6, 6.07) is 2.83. The lowest BCUT2D eigenvalue weighted by Crippen LogP contribution is -2.45. The number of rotatable bonds is 4. The van der Waals surface area contributed by atoms with E-state index in [9.17, 15) is 0 Å². The summed E-state index contributed by atoms with van der Waals surface area (Å²) < 4.78 is 5.39. The molecule has 2 fully saturated rings. The summed E-state index contributed by atoms with van der Waals surface area (Å²) in [4.78, 5) is 4.97. The molecule has 2 atom stereocenters. The molecule has 2 aliphatic heterocycles. The monoisotopic (exact) mass is 252 g/mol. The summed E-state index contributed by atoms with van der Waals surface area (Å²) in [5.41, 5.74) is 5.17. The number of likely N-dealkylation sites (tertiary alicyclic amines) is 1. The van der Waals surface area contributed by atoms with Gasteiger partial charge in [-0.15, -0.1) is 0 Å². The molecule has 0 bridgehead atoms. The van der Waals surface area contributed by atoms with Crippen molar-refractivity contribution < 1.29 is 4.74 Å². The topological polar surface area (TPSA) is 65.5 Å². The van der Waals surface area contributed by atoms with Crippen molar-refractivity contribution in [3.8, 4) is 6.07 Å². The van der Waals surface area contributed by atoms with Crippen molar-refractivity contribution in [2.24, 2.45) is 5.73 Å². The van der Waals surface area contributed by atoms with Gasteiger partial charge >= 0.3 is 0 Å². The number of hydrogen-bond donors (Lipinski definition) is 1. The van der Waals surface area contributed by atoms with Crippen LogP contribution in [-0.4, -0.2) is 67.3 Å². The minimum Gasteiger partial charge on any atom is -0.379 e. The Morgan fingerprint density at radius 3 is 2.78 bits per heavy atom. The Morgan fingerprint density at radius 2 is 2.11 bits per heavy atom. The first-order valence-corrected chi connectivity index (χ1v) is 6.85. The fourth-order valence-electron chi connectivity index (χ4n) is 2.70. The Bertz CT molecular complexity index is 307. The van der Waals surface area contributed by atoms with Gasteiger partial charge in [-0.1, -0.05) is 0 Å². The normalized spacial score (nSPS) is 29.9. The number of ether oxygens (including phenoxy) is 1. The average Bonchev–Trinajstić information content (AvgIpc) is 2.86. The predicted octanol–water partition coefficient (Wildman–Crippen LogP) is 0.0240. The molecule has 5 nitrogen and oxygen atoms in total. The van der Waals surface area contributed by atoms with E-state index < -0.39 is 5.54 Å². The first kappa shape index (κ1) is 13.8. The molecule has 0 amide bonds. The van der Waals surface area contributed by atoms with E-state index >= 15 is 0 Å². The smallest absolute Gasteiger partial charge is 0.102 e. The zero-order chi connectivity index (χ0) is 13.0. The molecule has 0 spiro atoms. The van der Waals surface area contributed by atoms with Gasteiger partial charge in [-0.05, 0) is 26.3 Å². The molecular weight excluding hydrogens is 228 g/mol. The van der Waals surface area contributed by atoms with Crippen molar-refractivity contribution in [2.75, 3.05) is 45.9 Å². The molecule has 0 saturated carbocycles. The minimum absolute atomic E-state index is 0.667. The van der Waals surface area contributed by atoms with Crippen LogP contribution in [0, 0.1) is 11.3 Å². The van der Waals surface area contributed by atoms with Gasteiger partial charge in [0.25, 0.3) is 0 Å². The molecule has 0 radical (unpaired) electrons. The van der Waals surface area contributed by atoms with Crippen molar-refractivity contribution in [3.63, 3.8) is 0 Å². The van der Waals surface area contributed by atoms with E-state index in [0.717, 1.165) is 52.4 Å². The molecular formula is C13H24N4O. The second-order valence-corrected chi connectivity index (χ2v) is 5.67. The highest BCUT2D eigenvalue weighted by Gasteiger charge is 2.29. The Morgan fingerprint density at radius 1 is 1.39 bits per heavy atom. The van der Waals surface area contributed by atoms with E-state index in [2.05, 4.69) is 15.9 Å². The van der Waals surface area contributed by atoms with Crippen LogP contribution < -0.4 is 5.73 Å². The van der Waals surface area contributed by atoms with Crippen LogP contribution >= 0.6 is 0 Å². The van der Waals surface area contributed by atoms with E-state index in [4.69, 9.17) is 15.7 Å². The van der Waals surface area contributed by atoms with Crippen LogP contribution in [0.4, 0.5) is 0 Å². The standard InChI is InChI=1S/C13H24N4O/c1-13(15,11-14)3-5-16-4-2-12(10-16)17-6-8-18-9-7-17/h12H,2-10,15H2,1H3. The maximum absolute atomic E-state index is 8.91. The fourth-order valence-corrected chi connectivity index (χ4v) is 2.70. The highest BCUT2D eigenvalue weighted by molar-refractivity contribution is 5.01. The molecule has 2 unspecified atom stereocenters. The summed E-state index contributed by atoms with van der Waals surface area (Å²) in [5, 5.41) is 8.91. The highest BCUT2D eigenvalue weighted by atomic mass is 16.5. The van der Waals surface area contributed by atoms with Crippen molar-refractivity contribution in [1.29, 1.82) is 5.26 Å². The molecule has 0 aromatic rings.